The van der Waals surface area contributed by atoms with E-state index in [1.54, 1.807) is 36.5 Å². The molecule has 0 bridgehead atoms. The van der Waals surface area contributed by atoms with Crippen LogP contribution >= 0.6 is 0 Å². The van der Waals surface area contributed by atoms with Gasteiger partial charge in [0.1, 0.15) is 0 Å². The number of piperazine rings is 1. The lowest BCUT2D eigenvalue weighted by molar-refractivity contribution is -0.122. The first-order valence-corrected chi connectivity index (χ1v) is 7.76. The van der Waals surface area contributed by atoms with Gasteiger partial charge < -0.3 is 14.7 Å². The second-order valence-corrected chi connectivity index (χ2v) is 5.56. The number of likely N-dealkylation sites (N-methyl/N-ethyl adjacent to an activating group) is 1. The Bertz CT molecular complexity index is 708. The standard InChI is InChI=1S/C16H19N5O3/c1-17-15(22)11-20-5-7-21(8-6-20)16(23)13-9-14(24-19-13)12-3-2-4-18-10-12/h2-4,9-10H,5-8,11H2,1H3,(H,17,22). The van der Waals surface area contributed by atoms with Crippen LogP contribution in [0.15, 0.2) is 35.1 Å². The van der Waals surface area contributed by atoms with Crippen LogP contribution in [0, 0.1) is 0 Å². The van der Waals surface area contributed by atoms with Gasteiger partial charge in [-0.3, -0.25) is 19.5 Å². The highest BCUT2D eigenvalue weighted by Crippen LogP contribution is 2.20. The van der Waals surface area contributed by atoms with E-state index in [1.165, 1.54) is 0 Å². The smallest absolute Gasteiger partial charge is 0.276 e. The molecular formula is C16H19N5O3. The van der Waals surface area contributed by atoms with E-state index in [1.807, 2.05) is 11.0 Å². The Kier molecular flexibility index (Phi) is 4.85. The molecule has 2 aromatic rings. The SMILES string of the molecule is CNC(=O)CN1CCN(C(=O)c2cc(-c3cccnc3)on2)CC1. The predicted molar refractivity (Wildman–Crippen MR) is 86.1 cm³/mol. The first-order chi connectivity index (χ1) is 11.7. The third kappa shape index (κ3) is 3.60. The number of nitrogens with one attached hydrogen (secondary N) is 1. The topological polar surface area (TPSA) is 91.6 Å². The Balaban J connectivity index is 1.60. The van der Waals surface area contributed by atoms with Gasteiger partial charge in [0.05, 0.1) is 6.54 Å². The molecule has 0 atom stereocenters. The first kappa shape index (κ1) is 16.1. The van der Waals surface area contributed by atoms with Gasteiger partial charge >= 0.3 is 0 Å². The molecule has 2 aromatic heterocycles. The highest BCUT2D eigenvalue weighted by molar-refractivity contribution is 5.93. The third-order valence-electron chi connectivity index (χ3n) is 3.98. The van der Waals surface area contributed by atoms with Gasteiger partial charge in [0.25, 0.3) is 5.91 Å². The van der Waals surface area contributed by atoms with E-state index in [0.717, 1.165) is 5.56 Å². The van der Waals surface area contributed by atoms with Crippen LogP contribution < -0.4 is 5.32 Å². The highest BCUT2D eigenvalue weighted by Gasteiger charge is 2.25. The van der Waals surface area contributed by atoms with Gasteiger partial charge in [0.15, 0.2) is 11.5 Å². The van der Waals surface area contributed by atoms with Crippen molar-refractivity contribution in [2.75, 3.05) is 39.8 Å². The summed E-state index contributed by atoms with van der Waals surface area (Å²) in [4.78, 5) is 31.7. The molecule has 126 valence electrons. The molecule has 0 aliphatic carbocycles. The lowest BCUT2D eigenvalue weighted by Crippen LogP contribution is -2.50. The monoisotopic (exact) mass is 329 g/mol. The molecule has 2 amide bonds. The maximum absolute atomic E-state index is 12.5. The number of amides is 2. The first-order valence-electron chi connectivity index (χ1n) is 7.76. The fourth-order valence-corrected chi connectivity index (χ4v) is 2.57. The predicted octanol–water partition coefficient (Wildman–Crippen LogP) is 0.240. The Morgan fingerprint density at radius 2 is 2.08 bits per heavy atom. The molecule has 8 heteroatoms. The van der Waals surface area contributed by atoms with E-state index < -0.39 is 0 Å². The van der Waals surface area contributed by atoms with Gasteiger partial charge in [0, 0.05) is 57.3 Å². The molecule has 1 aliphatic heterocycles. The van der Waals surface area contributed by atoms with Crippen molar-refractivity contribution < 1.29 is 14.1 Å². The lowest BCUT2D eigenvalue weighted by Gasteiger charge is -2.33. The Hall–Kier alpha value is -2.74. The van der Waals surface area contributed by atoms with Crippen LogP contribution in [0.2, 0.25) is 0 Å². The van der Waals surface area contributed by atoms with Crippen molar-refractivity contribution in [3.05, 3.63) is 36.3 Å². The van der Waals surface area contributed by atoms with Crippen molar-refractivity contribution in [3.63, 3.8) is 0 Å². The van der Waals surface area contributed by atoms with Gasteiger partial charge in [-0.1, -0.05) is 5.16 Å². The molecule has 1 N–H and O–H groups in total. The zero-order valence-corrected chi connectivity index (χ0v) is 13.4. The lowest BCUT2D eigenvalue weighted by atomic mass is 10.2. The minimum atomic E-state index is -0.159. The Morgan fingerprint density at radius 3 is 2.75 bits per heavy atom. The highest BCUT2D eigenvalue weighted by atomic mass is 16.5. The molecule has 0 spiro atoms. The summed E-state index contributed by atoms with van der Waals surface area (Å²) < 4.78 is 5.25. The molecule has 8 nitrogen and oxygen atoms in total. The van der Waals surface area contributed by atoms with Gasteiger partial charge in [-0.15, -0.1) is 0 Å². The minimum absolute atomic E-state index is 0.0209. The molecule has 0 aromatic carbocycles. The van der Waals surface area contributed by atoms with Gasteiger partial charge in [-0.2, -0.15) is 0 Å². The summed E-state index contributed by atoms with van der Waals surface area (Å²) in [5.41, 5.74) is 1.06. The average molecular weight is 329 g/mol. The number of hydrogen-bond acceptors (Lipinski definition) is 6. The molecule has 0 saturated carbocycles. The van der Waals surface area contributed by atoms with Crippen LogP contribution in [0.5, 0.6) is 0 Å². The maximum atomic E-state index is 12.5. The molecule has 3 rings (SSSR count). The molecule has 1 fully saturated rings. The number of hydrogen-bond donors (Lipinski definition) is 1. The van der Waals surface area contributed by atoms with Crippen molar-refractivity contribution in [3.8, 4) is 11.3 Å². The van der Waals surface area contributed by atoms with Gasteiger partial charge in [-0.25, -0.2) is 0 Å². The molecule has 3 heterocycles. The largest absolute Gasteiger partial charge is 0.358 e. The summed E-state index contributed by atoms with van der Waals surface area (Å²) in [6, 6.07) is 5.28. The number of nitrogens with zero attached hydrogens (tertiary/aromatic N) is 4. The van der Waals surface area contributed by atoms with Gasteiger partial charge in [-0.05, 0) is 12.1 Å². The minimum Gasteiger partial charge on any atom is -0.358 e. The zero-order chi connectivity index (χ0) is 16.9. The van der Waals surface area contributed by atoms with E-state index in [4.69, 9.17) is 4.52 Å². The van der Waals surface area contributed by atoms with Crippen LogP contribution in [-0.4, -0.2) is 71.5 Å². The number of carbonyl (C=O) groups excluding carboxylic acids is 2. The van der Waals surface area contributed by atoms with Crippen molar-refractivity contribution in [2.24, 2.45) is 0 Å². The normalized spacial score (nSPS) is 15.3. The summed E-state index contributed by atoms with van der Waals surface area (Å²) in [6.45, 7) is 2.79. The second-order valence-electron chi connectivity index (χ2n) is 5.56. The molecule has 24 heavy (non-hydrogen) atoms. The zero-order valence-electron chi connectivity index (χ0n) is 13.4. The van der Waals surface area contributed by atoms with E-state index >= 15 is 0 Å². The van der Waals surface area contributed by atoms with E-state index in [2.05, 4.69) is 15.5 Å². The summed E-state index contributed by atoms with van der Waals surface area (Å²) >= 11 is 0. The van der Waals surface area contributed by atoms with Crippen LogP contribution in [0.4, 0.5) is 0 Å². The fourth-order valence-electron chi connectivity index (χ4n) is 2.57. The molecule has 1 aliphatic rings. The van der Waals surface area contributed by atoms with Gasteiger partial charge in [0.2, 0.25) is 5.91 Å². The number of pyridine rings is 1. The molecule has 0 unspecified atom stereocenters. The summed E-state index contributed by atoms with van der Waals surface area (Å²) in [7, 11) is 1.62. The third-order valence-corrected chi connectivity index (χ3v) is 3.98. The summed E-state index contributed by atoms with van der Waals surface area (Å²) in [5.74, 6) is 0.338. The van der Waals surface area contributed by atoms with Crippen molar-refractivity contribution in [1.29, 1.82) is 0 Å². The number of rotatable bonds is 4. The molecule has 1 saturated heterocycles. The van der Waals surface area contributed by atoms with Crippen molar-refractivity contribution >= 4 is 11.8 Å². The van der Waals surface area contributed by atoms with E-state index in [0.29, 0.717) is 38.5 Å². The number of aromatic nitrogens is 2. The van der Waals surface area contributed by atoms with Crippen molar-refractivity contribution in [2.45, 2.75) is 0 Å². The van der Waals surface area contributed by atoms with Crippen LogP contribution in [0.3, 0.4) is 0 Å². The Morgan fingerprint density at radius 1 is 1.29 bits per heavy atom. The van der Waals surface area contributed by atoms with E-state index in [9.17, 15) is 9.59 Å². The fraction of sp³-hybridized carbons (Fsp3) is 0.375. The quantitative estimate of drug-likeness (QED) is 0.864. The maximum Gasteiger partial charge on any atom is 0.276 e. The van der Waals surface area contributed by atoms with Crippen molar-refractivity contribution in [1.82, 2.24) is 25.3 Å². The van der Waals surface area contributed by atoms with Crippen LogP contribution in [0.25, 0.3) is 11.3 Å². The van der Waals surface area contributed by atoms with Crippen LogP contribution in [0.1, 0.15) is 10.5 Å². The molecular weight excluding hydrogens is 310 g/mol. The summed E-state index contributed by atoms with van der Waals surface area (Å²) in [6.07, 6.45) is 3.33. The Labute approximate surface area is 139 Å². The van der Waals surface area contributed by atoms with E-state index in [-0.39, 0.29) is 17.5 Å². The average Bonchev–Trinajstić information content (AvgIpc) is 3.12. The molecule has 0 radical (unpaired) electrons. The number of carbonyl (C=O) groups is 2. The summed E-state index contributed by atoms with van der Waals surface area (Å²) in [5, 5.41) is 6.48. The van der Waals surface area contributed by atoms with Crippen LogP contribution in [-0.2, 0) is 4.79 Å². The second kappa shape index (κ2) is 7.22.